The molecule has 1 rings (SSSR count). The van der Waals surface area contributed by atoms with E-state index in [0.29, 0.717) is 24.9 Å². The molecule has 0 aromatic heterocycles. The fourth-order valence-electron chi connectivity index (χ4n) is 1.34. The average Bonchev–Trinajstić information content (AvgIpc) is 2.30. The van der Waals surface area contributed by atoms with Crippen molar-refractivity contribution in [2.75, 3.05) is 6.54 Å². The molecule has 1 aromatic carbocycles. The number of carbonyl (C=O) groups is 1. The number of nitrogens with one attached hydrogen (secondary N) is 1. The molecule has 4 heteroatoms. The van der Waals surface area contributed by atoms with Crippen molar-refractivity contribution >= 4 is 5.91 Å². The van der Waals surface area contributed by atoms with Gasteiger partial charge in [0.15, 0.2) is 0 Å². The largest absolute Gasteiger partial charge is 0.354 e. The third kappa shape index (κ3) is 3.62. The number of halogens is 1. The summed E-state index contributed by atoms with van der Waals surface area (Å²) in [4.78, 5) is 11.3. The highest BCUT2D eigenvalue weighted by molar-refractivity contribution is 5.81. The second kappa shape index (κ2) is 6.23. The van der Waals surface area contributed by atoms with E-state index in [-0.39, 0.29) is 11.7 Å². The van der Waals surface area contributed by atoms with Gasteiger partial charge in [-0.3, -0.25) is 4.79 Å². The van der Waals surface area contributed by atoms with Crippen molar-refractivity contribution in [2.24, 2.45) is 5.73 Å². The van der Waals surface area contributed by atoms with Gasteiger partial charge in [-0.25, -0.2) is 4.39 Å². The minimum Gasteiger partial charge on any atom is -0.354 e. The van der Waals surface area contributed by atoms with Crippen LogP contribution in [0.3, 0.4) is 0 Å². The summed E-state index contributed by atoms with van der Waals surface area (Å²) >= 11 is 0. The van der Waals surface area contributed by atoms with Crippen molar-refractivity contribution < 1.29 is 9.18 Å². The Balaban J connectivity index is 2.36. The lowest BCUT2D eigenvalue weighted by atomic mass is 10.1. The molecule has 3 N–H and O–H groups in total. The summed E-state index contributed by atoms with van der Waals surface area (Å²) in [6.45, 7) is 2.26. The van der Waals surface area contributed by atoms with Crippen LogP contribution >= 0.6 is 0 Å². The van der Waals surface area contributed by atoms with E-state index in [9.17, 15) is 9.18 Å². The summed E-state index contributed by atoms with van der Waals surface area (Å²) in [6, 6.07) is 6.07. The van der Waals surface area contributed by atoms with Gasteiger partial charge in [-0.1, -0.05) is 25.1 Å². The van der Waals surface area contributed by atoms with Crippen molar-refractivity contribution in [1.82, 2.24) is 5.32 Å². The van der Waals surface area contributed by atoms with Crippen molar-refractivity contribution in [2.45, 2.75) is 25.8 Å². The molecule has 0 fully saturated rings. The van der Waals surface area contributed by atoms with E-state index in [1.165, 1.54) is 6.07 Å². The van der Waals surface area contributed by atoms with E-state index in [0.717, 1.165) is 0 Å². The summed E-state index contributed by atoms with van der Waals surface area (Å²) < 4.78 is 13.2. The van der Waals surface area contributed by atoms with Crippen LogP contribution in [0.5, 0.6) is 0 Å². The van der Waals surface area contributed by atoms with E-state index in [1.54, 1.807) is 18.2 Å². The van der Waals surface area contributed by atoms with Crippen LogP contribution in [0.2, 0.25) is 0 Å². The Labute approximate surface area is 94.8 Å². The molecule has 0 spiro atoms. The fourth-order valence-corrected chi connectivity index (χ4v) is 1.34. The summed E-state index contributed by atoms with van der Waals surface area (Å²) in [7, 11) is 0. The topological polar surface area (TPSA) is 55.1 Å². The molecule has 0 aliphatic rings. The van der Waals surface area contributed by atoms with Crippen LogP contribution in [0.4, 0.5) is 4.39 Å². The highest BCUT2D eigenvalue weighted by Gasteiger charge is 2.09. The van der Waals surface area contributed by atoms with Gasteiger partial charge in [-0.05, 0) is 24.5 Å². The van der Waals surface area contributed by atoms with E-state index in [1.807, 2.05) is 6.92 Å². The Morgan fingerprint density at radius 1 is 1.50 bits per heavy atom. The molecule has 0 aliphatic heterocycles. The molecular weight excluding hydrogens is 207 g/mol. The van der Waals surface area contributed by atoms with E-state index >= 15 is 0 Å². The number of hydrogen-bond donors (Lipinski definition) is 2. The normalized spacial score (nSPS) is 12.2. The number of amides is 1. The minimum absolute atomic E-state index is 0.182. The Morgan fingerprint density at radius 2 is 2.19 bits per heavy atom. The van der Waals surface area contributed by atoms with Gasteiger partial charge in [0.1, 0.15) is 5.82 Å². The van der Waals surface area contributed by atoms with Crippen LogP contribution in [0, 0.1) is 5.82 Å². The maximum absolute atomic E-state index is 13.2. The zero-order chi connectivity index (χ0) is 12.0. The predicted octanol–water partition coefficient (Wildman–Crippen LogP) is 1.22. The van der Waals surface area contributed by atoms with Crippen molar-refractivity contribution in [3.63, 3.8) is 0 Å². The van der Waals surface area contributed by atoms with Gasteiger partial charge >= 0.3 is 0 Å². The standard InChI is InChI=1S/C12H17FN2O/c1-2-11(14)12(16)15-8-7-9-5-3-4-6-10(9)13/h3-6,11H,2,7-8,14H2,1H3,(H,15,16)/t11-/m0/s1. The molecule has 16 heavy (non-hydrogen) atoms. The lowest BCUT2D eigenvalue weighted by Crippen LogP contribution is -2.40. The second-order valence-electron chi connectivity index (χ2n) is 3.65. The maximum atomic E-state index is 13.2. The van der Waals surface area contributed by atoms with E-state index < -0.39 is 6.04 Å². The molecule has 0 unspecified atom stereocenters. The number of hydrogen-bond acceptors (Lipinski definition) is 2. The van der Waals surface area contributed by atoms with Crippen LogP contribution in [0.1, 0.15) is 18.9 Å². The first-order chi connectivity index (χ1) is 7.65. The van der Waals surface area contributed by atoms with Gasteiger partial charge in [-0.2, -0.15) is 0 Å². The van der Waals surface area contributed by atoms with Gasteiger partial charge in [0.2, 0.25) is 5.91 Å². The highest BCUT2D eigenvalue weighted by atomic mass is 19.1. The monoisotopic (exact) mass is 224 g/mol. The van der Waals surface area contributed by atoms with Crippen molar-refractivity contribution in [3.8, 4) is 0 Å². The summed E-state index contributed by atoms with van der Waals surface area (Å²) in [6.07, 6.45) is 1.08. The molecule has 1 atom stereocenters. The summed E-state index contributed by atoms with van der Waals surface area (Å²) in [5.41, 5.74) is 6.14. The molecule has 0 heterocycles. The minimum atomic E-state index is -0.472. The Hall–Kier alpha value is -1.42. The van der Waals surface area contributed by atoms with Crippen molar-refractivity contribution in [3.05, 3.63) is 35.6 Å². The van der Waals surface area contributed by atoms with Crippen molar-refractivity contribution in [1.29, 1.82) is 0 Å². The number of rotatable bonds is 5. The predicted molar refractivity (Wildman–Crippen MR) is 61.4 cm³/mol. The zero-order valence-electron chi connectivity index (χ0n) is 9.37. The smallest absolute Gasteiger partial charge is 0.236 e. The van der Waals surface area contributed by atoms with Crippen LogP contribution in [0.25, 0.3) is 0 Å². The van der Waals surface area contributed by atoms with Gasteiger partial charge in [0.05, 0.1) is 6.04 Å². The summed E-state index contributed by atoms with van der Waals surface area (Å²) in [5, 5.41) is 2.68. The van der Waals surface area contributed by atoms with Gasteiger partial charge in [-0.15, -0.1) is 0 Å². The number of carbonyl (C=O) groups excluding carboxylic acids is 1. The number of benzene rings is 1. The van der Waals surface area contributed by atoms with Gasteiger partial charge in [0, 0.05) is 6.54 Å². The zero-order valence-corrected chi connectivity index (χ0v) is 9.37. The molecule has 0 aliphatic carbocycles. The molecule has 0 saturated heterocycles. The van der Waals surface area contributed by atoms with E-state index in [2.05, 4.69) is 5.32 Å². The molecular formula is C12H17FN2O. The van der Waals surface area contributed by atoms with Crippen LogP contribution in [-0.4, -0.2) is 18.5 Å². The Kier molecular flexibility index (Phi) is 4.92. The molecule has 1 aromatic rings. The lowest BCUT2D eigenvalue weighted by molar-refractivity contribution is -0.122. The van der Waals surface area contributed by atoms with Crippen LogP contribution in [0.15, 0.2) is 24.3 Å². The molecule has 0 radical (unpaired) electrons. The molecule has 0 saturated carbocycles. The molecule has 0 bridgehead atoms. The first kappa shape index (κ1) is 12.6. The SMILES string of the molecule is CC[C@H](N)C(=O)NCCc1ccccc1F. The second-order valence-corrected chi connectivity index (χ2v) is 3.65. The quantitative estimate of drug-likeness (QED) is 0.790. The van der Waals surface area contributed by atoms with Crippen LogP contribution < -0.4 is 11.1 Å². The number of nitrogens with two attached hydrogens (primary N) is 1. The van der Waals surface area contributed by atoms with Gasteiger partial charge < -0.3 is 11.1 Å². The highest BCUT2D eigenvalue weighted by Crippen LogP contribution is 2.06. The summed E-state index contributed by atoms with van der Waals surface area (Å²) in [5.74, 6) is -0.421. The first-order valence-electron chi connectivity index (χ1n) is 5.41. The first-order valence-corrected chi connectivity index (χ1v) is 5.41. The van der Waals surface area contributed by atoms with Gasteiger partial charge in [0.25, 0.3) is 0 Å². The average molecular weight is 224 g/mol. The Morgan fingerprint density at radius 3 is 2.81 bits per heavy atom. The third-order valence-electron chi connectivity index (χ3n) is 2.43. The third-order valence-corrected chi connectivity index (χ3v) is 2.43. The Bertz CT molecular complexity index is 355. The molecule has 3 nitrogen and oxygen atoms in total. The molecule has 1 amide bonds. The maximum Gasteiger partial charge on any atom is 0.236 e. The van der Waals surface area contributed by atoms with E-state index in [4.69, 9.17) is 5.73 Å². The fraction of sp³-hybridized carbons (Fsp3) is 0.417. The molecule has 88 valence electrons. The lowest BCUT2D eigenvalue weighted by Gasteiger charge is -2.10. The van der Waals surface area contributed by atoms with Crippen LogP contribution in [-0.2, 0) is 11.2 Å².